The number of carbonyl (C=O) groups is 1. The number of aromatic nitrogens is 2. The number of rotatable bonds is 4. The second-order valence-corrected chi connectivity index (χ2v) is 7.88. The van der Waals surface area contributed by atoms with Gasteiger partial charge in [-0.3, -0.25) is 9.48 Å². The van der Waals surface area contributed by atoms with E-state index in [4.69, 9.17) is 0 Å². The van der Waals surface area contributed by atoms with Crippen molar-refractivity contribution in [2.75, 3.05) is 18.4 Å². The molecule has 0 spiro atoms. The van der Waals surface area contributed by atoms with Crippen LogP contribution in [-0.2, 0) is 17.1 Å². The van der Waals surface area contributed by atoms with Gasteiger partial charge in [0.25, 0.3) is 5.91 Å². The van der Waals surface area contributed by atoms with E-state index in [2.05, 4.69) is 10.4 Å². The molecule has 3 heterocycles. The van der Waals surface area contributed by atoms with E-state index in [1.54, 1.807) is 29.4 Å². The van der Waals surface area contributed by atoms with E-state index in [1.165, 1.54) is 10.4 Å². The van der Waals surface area contributed by atoms with Gasteiger partial charge in [0.1, 0.15) is 9.77 Å². The highest BCUT2D eigenvalue weighted by molar-refractivity contribution is 7.89. The molecule has 3 rings (SSSR count). The van der Waals surface area contributed by atoms with Gasteiger partial charge >= 0.3 is 0 Å². The summed E-state index contributed by atoms with van der Waals surface area (Å²) >= 11 is 1.12. The number of aryl methyl sites for hydroxylation is 1. The van der Waals surface area contributed by atoms with Gasteiger partial charge in [0.2, 0.25) is 10.0 Å². The quantitative estimate of drug-likeness (QED) is 0.914. The lowest BCUT2D eigenvalue weighted by Gasteiger charge is -2.15. The first-order valence-electron chi connectivity index (χ1n) is 6.87. The third-order valence-corrected chi connectivity index (χ3v) is 6.46. The predicted octanol–water partition coefficient (Wildman–Crippen LogP) is 1.52. The first-order valence-corrected chi connectivity index (χ1v) is 9.19. The van der Waals surface area contributed by atoms with Gasteiger partial charge in [-0.2, -0.15) is 9.40 Å². The SMILES string of the molecule is Cn1ccc(NC(=O)c2sccc2S(=O)(=O)N2CCCC2)n1. The minimum absolute atomic E-state index is 0.0767. The number of sulfonamides is 1. The molecule has 0 aliphatic carbocycles. The average Bonchev–Trinajstić information content (AvgIpc) is 3.20. The summed E-state index contributed by atoms with van der Waals surface area (Å²) in [5, 5.41) is 8.31. The lowest BCUT2D eigenvalue weighted by molar-refractivity contribution is 0.102. The molecule has 0 aromatic carbocycles. The topological polar surface area (TPSA) is 84.3 Å². The fraction of sp³-hybridized carbons (Fsp3) is 0.385. The van der Waals surface area contributed by atoms with E-state index in [0.29, 0.717) is 18.9 Å². The number of thiophene rings is 1. The van der Waals surface area contributed by atoms with Crippen molar-refractivity contribution in [3.8, 4) is 0 Å². The minimum Gasteiger partial charge on any atom is -0.304 e. The van der Waals surface area contributed by atoms with Crippen molar-refractivity contribution in [3.05, 3.63) is 28.6 Å². The smallest absolute Gasteiger partial charge is 0.268 e. The molecule has 1 saturated heterocycles. The van der Waals surface area contributed by atoms with Crippen LogP contribution in [0.25, 0.3) is 0 Å². The Morgan fingerprint density at radius 2 is 2.05 bits per heavy atom. The van der Waals surface area contributed by atoms with Crippen LogP contribution in [0.4, 0.5) is 5.82 Å². The molecule has 1 aliphatic heterocycles. The van der Waals surface area contributed by atoms with Crippen molar-refractivity contribution in [1.82, 2.24) is 14.1 Å². The molecule has 2 aromatic heterocycles. The lowest BCUT2D eigenvalue weighted by Crippen LogP contribution is -2.29. The molecule has 0 atom stereocenters. The third kappa shape index (κ3) is 2.79. The molecule has 2 aromatic rings. The first-order chi connectivity index (χ1) is 10.5. The molecule has 1 aliphatic rings. The largest absolute Gasteiger partial charge is 0.304 e. The molecular weight excluding hydrogens is 324 g/mol. The molecule has 118 valence electrons. The van der Waals surface area contributed by atoms with Crippen molar-refractivity contribution in [2.24, 2.45) is 7.05 Å². The van der Waals surface area contributed by atoms with E-state index < -0.39 is 15.9 Å². The molecular formula is C13H16N4O3S2. The average molecular weight is 340 g/mol. The third-order valence-electron chi connectivity index (χ3n) is 3.47. The summed E-state index contributed by atoms with van der Waals surface area (Å²) in [5.74, 6) is -0.0584. The number of hydrogen-bond acceptors (Lipinski definition) is 5. The fourth-order valence-electron chi connectivity index (χ4n) is 2.39. The van der Waals surface area contributed by atoms with Crippen LogP contribution >= 0.6 is 11.3 Å². The summed E-state index contributed by atoms with van der Waals surface area (Å²) in [6, 6.07) is 3.14. The summed E-state index contributed by atoms with van der Waals surface area (Å²) in [6.45, 7) is 1.03. The van der Waals surface area contributed by atoms with Gasteiger partial charge in [-0.25, -0.2) is 8.42 Å². The van der Waals surface area contributed by atoms with Crippen LogP contribution in [0.1, 0.15) is 22.5 Å². The Morgan fingerprint density at radius 3 is 2.68 bits per heavy atom. The maximum absolute atomic E-state index is 12.6. The van der Waals surface area contributed by atoms with Gasteiger partial charge in [0, 0.05) is 32.4 Å². The Bertz CT molecular complexity index is 788. The molecule has 1 fully saturated rings. The predicted molar refractivity (Wildman–Crippen MR) is 83.5 cm³/mol. The highest BCUT2D eigenvalue weighted by atomic mass is 32.2. The molecule has 7 nitrogen and oxygen atoms in total. The van der Waals surface area contributed by atoms with E-state index in [-0.39, 0.29) is 9.77 Å². The van der Waals surface area contributed by atoms with Crippen LogP contribution in [0, 0.1) is 0 Å². The van der Waals surface area contributed by atoms with Gasteiger partial charge < -0.3 is 5.32 Å². The maximum atomic E-state index is 12.6. The molecule has 1 N–H and O–H groups in total. The van der Waals surface area contributed by atoms with Crippen LogP contribution in [0.2, 0.25) is 0 Å². The Balaban J connectivity index is 1.86. The van der Waals surface area contributed by atoms with Gasteiger partial charge in [-0.05, 0) is 24.3 Å². The second kappa shape index (κ2) is 5.82. The normalized spacial score (nSPS) is 16.0. The Kier molecular flexibility index (Phi) is 4.02. The Morgan fingerprint density at radius 1 is 1.32 bits per heavy atom. The van der Waals surface area contributed by atoms with Gasteiger partial charge in [-0.15, -0.1) is 11.3 Å². The Hall–Kier alpha value is -1.71. The highest BCUT2D eigenvalue weighted by Crippen LogP contribution is 2.28. The van der Waals surface area contributed by atoms with Crippen molar-refractivity contribution in [1.29, 1.82) is 0 Å². The summed E-state index contributed by atoms with van der Waals surface area (Å²) < 4.78 is 28.2. The summed E-state index contributed by atoms with van der Waals surface area (Å²) in [7, 11) is -1.86. The fourth-order valence-corrected chi connectivity index (χ4v) is 5.20. The van der Waals surface area contributed by atoms with Crippen molar-refractivity contribution < 1.29 is 13.2 Å². The van der Waals surface area contributed by atoms with Crippen LogP contribution in [0.5, 0.6) is 0 Å². The number of amides is 1. The number of carbonyl (C=O) groups excluding carboxylic acids is 1. The molecule has 1 amide bonds. The highest BCUT2D eigenvalue weighted by Gasteiger charge is 2.31. The minimum atomic E-state index is -3.60. The molecule has 22 heavy (non-hydrogen) atoms. The number of nitrogens with one attached hydrogen (secondary N) is 1. The zero-order chi connectivity index (χ0) is 15.7. The maximum Gasteiger partial charge on any atom is 0.268 e. The van der Waals surface area contributed by atoms with Crippen molar-refractivity contribution in [2.45, 2.75) is 17.7 Å². The zero-order valence-corrected chi connectivity index (χ0v) is 13.7. The summed E-state index contributed by atoms with van der Waals surface area (Å²) in [4.78, 5) is 12.6. The van der Waals surface area contributed by atoms with E-state index >= 15 is 0 Å². The second-order valence-electron chi connectivity index (χ2n) is 5.05. The molecule has 0 unspecified atom stereocenters. The number of nitrogens with zero attached hydrogens (tertiary/aromatic N) is 3. The Labute approximate surface area is 132 Å². The number of hydrogen-bond donors (Lipinski definition) is 1. The van der Waals surface area contributed by atoms with Gasteiger partial charge in [0.05, 0.1) is 0 Å². The molecule has 0 bridgehead atoms. The molecule has 0 saturated carbocycles. The van der Waals surface area contributed by atoms with Crippen LogP contribution in [0.3, 0.4) is 0 Å². The van der Waals surface area contributed by atoms with Crippen LogP contribution < -0.4 is 5.32 Å². The van der Waals surface area contributed by atoms with Crippen LogP contribution in [-0.4, -0.2) is 41.5 Å². The number of anilines is 1. The monoisotopic (exact) mass is 340 g/mol. The summed E-state index contributed by atoms with van der Waals surface area (Å²) in [6.07, 6.45) is 3.42. The van der Waals surface area contributed by atoms with Crippen LogP contribution in [0.15, 0.2) is 28.6 Å². The summed E-state index contributed by atoms with van der Waals surface area (Å²) in [5.41, 5.74) is 0. The first kappa shape index (κ1) is 15.2. The van der Waals surface area contributed by atoms with E-state index in [9.17, 15) is 13.2 Å². The van der Waals surface area contributed by atoms with Gasteiger partial charge in [0.15, 0.2) is 5.82 Å². The van der Waals surface area contributed by atoms with E-state index in [1.807, 2.05) is 0 Å². The van der Waals surface area contributed by atoms with E-state index in [0.717, 1.165) is 24.2 Å². The standard InChI is InChI=1S/C13H16N4O3S2/c1-16-8-4-11(15-16)14-13(18)12-10(5-9-21-12)22(19,20)17-6-2-3-7-17/h4-5,8-9H,2-3,6-7H2,1H3,(H,14,15,18). The van der Waals surface area contributed by atoms with Gasteiger partial charge in [-0.1, -0.05) is 0 Å². The molecule has 9 heteroatoms. The molecule has 0 radical (unpaired) electrons. The lowest BCUT2D eigenvalue weighted by atomic mass is 10.4. The van der Waals surface area contributed by atoms with Crippen molar-refractivity contribution in [3.63, 3.8) is 0 Å². The van der Waals surface area contributed by atoms with Crippen molar-refractivity contribution >= 4 is 33.1 Å². The zero-order valence-electron chi connectivity index (χ0n) is 12.0.